The van der Waals surface area contributed by atoms with Gasteiger partial charge in [0.25, 0.3) is 0 Å². The molecule has 0 aliphatic heterocycles. The second-order valence-corrected chi connectivity index (χ2v) is 6.37. The molecule has 0 unspecified atom stereocenters. The molecule has 3 rings (SSSR count). The van der Waals surface area contributed by atoms with Crippen LogP contribution in [0.2, 0.25) is 5.02 Å². The van der Waals surface area contributed by atoms with E-state index in [1.165, 1.54) is 19.2 Å². The molecule has 6 nitrogen and oxygen atoms in total. The minimum atomic E-state index is -0.483. The van der Waals surface area contributed by atoms with Crippen LogP contribution >= 0.6 is 11.6 Å². The molecule has 0 aliphatic carbocycles. The van der Waals surface area contributed by atoms with E-state index in [0.717, 1.165) is 16.5 Å². The van der Waals surface area contributed by atoms with Crippen LogP contribution in [0.1, 0.15) is 18.1 Å². The highest BCUT2D eigenvalue weighted by atomic mass is 35.5. The average Bonchev–Trinajstić information content (AvgIpc) is 2.65. The predicted molar refractivity (Wildman–Crippen MR) is 105 cm³/mol. The normalized spacial score (nSPS) is 10.8. The fraction of sp³-hybridized carbons (Fsp3) is 0.250. The van der Waals surface area contributed by atoms with Gasteiger partial charge in [-0.2, -0.15) is 0 Å². The number of benzene rings is 2. The van der Waals surface area contributed by atoms with E-state index in [1.807, 2.05) is 13.0 Å². The Morgan fingerprint density at radius 1 is 1.07 bits per heavy atom. The lowest BCUT2D eigenvalue weighted by Crippen LogP contribution is -2.07. The van der Waals surface area contributed by atoms with Crippen LogP contribution in [0.25, 0.3) is 11.0 Å². The Hall–Kier alpha value is -2.86. The Morgan fingerprint density at radius 2 is 1.81 bits per heavy atom. The Bertz CT molecular complexity index is 1040. The highest BCUT2D eigenvalue weighted by Crippen LogP contribution is 2.36. The summed E-state index contributed by atoms with van der Waals surface area (Å²) >= 11 is 6.13. The number of phenols is 1. The summed E-state index contributed by atoms with van der Waals surface area (Å²) in [4.78, 5) is 11.9. The van der Waals surface area contributed by atoms with Crippen molar-refractivity contribution in [1.82, 2.24) is 0 Å². The van der Waals surface area contributed by atoms with Crippen molar-refractivity contribution in [2.24, 2.45) is 0 Å². The number of ether oxygens (including phenoxy) is 2. The third-order valence-electron chi connectivity index (χ3n) is 4.35. The maximum absolute atomic E-state index is 11.9. The van der Waals surface area contributed by atoms with Crippen LogP contribution in [0.4, 0.5) is 5.69 Å². The number of rotatable bonds is 6. The van der Waals surface area contributed by atoms with Gasteiger partial charge < -0.3 is 24.3 Å². The summed E-state index contributed by atoms with van der Waals surface area (Å²) in [5.41, 5.74) is 2.06. The van der Waals surface area contributed by atoms with Crippen LogP contribution in [0.5, 0.6) is 17.2 Å². The number of aromatic hydroxyl groups is 1. The monoisotopic (exact) mass is 389 g/mol. The Labute approximate surface area is 161 Å². The molecule has 0 amide bonds. The highest BCUT2D eigenvalue weighted by molar-refractivity contribution is 6.32. The number of hydrogen-bond donors (Lipinski definition) is 2. The van der Waals surface area contributed by atoms with E-state index in [2.05, 4.69) is 5.32 Å². The van der Waals surface area contributed by atoms with Crippen molar-refractivity contribution in [2.45, 2.75) is 19.9 Å². The number of anilines is 1. The maximum Gasteiger partial charge on any atom is 0.336 e. The number of hydrogen-bond acceptors (Lipinski definition) is 6. The maximum atomic E-state index is 11.9. The van der Waals surface area contributed by atoms with Gasteiger partial charge in [0, 0.05) is 36.2 Å². The number of nitrogens with one attached hydrogen (secondary N) is 1. The molecule has 0 radical (unpaired) electrons. The molecule has 2 aromatic carbocycles. The number of methoxy groups -OCH3 is 2. The van der Waals surface area contributed by atoms with Gasteiger partial charge in [-0.25, -0.2) is 4.79 Å². The molecular formula is C20H20ClNO5. The second kappa shape index (κ2) is 7.80. The summed E-state index contributed by atoms with van der Waals surface area (Å²) in [7, 11) is 3.08. The summed E-state index contributed by atoms with van der Waals surface area (Å²) in [5.74, 6) is 1.18. The van der Waals surface area contributed by atoms with Crippen molar-refractivity contribution >= 4 is 28.3 Å². The molecule has 0 bridgehead atoms. The van der Waals surface area contributed by atoms with Crippen LogP contribution in [-0.4, -0.2) is 19.3 Å². The van der Waals surface area contributed by atoms with E-state index in [-0.39, 0.29) is 5.75 Å². The first-order valence-corrected chi connectivity index (χ1v) is 8.78. The van der Waals surface area contributed by atoms with Crippen molar-refractivity contribution in [3.8, 4) is 17.2 Å². The number of aryl methyl sites for hydroxylation is 1. The number of phenolic OH excluding ortho intramolecular Hbond substituents is 1. The van der Waals surface area contributed by atoms with Gasteiger partial charge in [-0.15, -0.1) is 0 Å². The van der Waals surface area contributed by atoms with Crippen molar-refractivity contribution < 1.29 is 19.0 Å². The van der Waals surface area contributed by atoms with Crippen LogP contribution < -0.4 is 20.4 Å². The molecule has 0 saturated carbocycles. The fourth-order valence-electron chi connectivity index (χ4n) is 2.93. The predicted octanol–water partition coefficient (Wildman–Crippen LogP) is 4.34. The zero-order valence-electron chi connectivity index (χ0n) is 15.3. The molecule has 0 aliphatic rings. The van der Waals surface area contributed by atoms with Crippen LogP contribution in [0.15, 0.2) is 39.5 Å². The molecular weight excluding hydrogens is 370 g/mol. The van der Waals surface area contributed by atoms with E-state index in [1.54, 1.807) is 19.2 Å². The second-order valence-electron chi connectivity index (χ2n) is 5.96. The number of fused-ring (bicyclic) bond motifs is 1. The minimum absolute atomic E-state index is 0.113. The third-order valence-corrected chi connectivity index (χ3v) is 4.65. The highest BCUT2D eigenvalue weighted by Gasteiger charge is 2.13. The molecule has 142 valence electrons. The average molecular weight is 390 g/mol. The standard InChI is InChI=1S/C20H20ClNO5/c1-4-11-5-13-12(6-20(24)27-17(13)9-16(11)23)10-22-15-8-18(25-2)14(21)7-19(15)26-3/h5-9,22-23H,4,10H2,1-3H3. The number of halogens is 1. The topological polar surface area (TPSA) is 80.9 Å². The van der Waals surface area contributed by atoms with Crippen molar-refractivity contribution in [1.29, 1.82) is 0 Å². The summed E-state index contributed by atoms with van der Waals surface area (Å²) in [5, 5.41) is 14.5. The summed E-state index contributed by atoms with van der Waals surface area (Å²) in [6.45, 7) is 2.29. The molecule has 0 spiro atoms. The molecule has 1 aromatic heterocycles. The lowest BCUT2D eigenvalue weighted by molar-refractivity contribution is 0.404. The van der Waals surface area contributed by atoms with Gasteiger partial charge >= 0.3 is 5.63 Å². The Morgan fingerprint density at radius 3 is 2.48 bits per heavy atom. The lowest BCUT2D eigenvalue weighted by atomic mass is 10.0. The van der Waals surface area contributed by atoms with Crippen LogP contribution in [0.3, 0.4) is 0 Å². The minimum Gasteiger partial charge on any atom is -0.508 e. The van der Waals surface area contributed by atoms with Crippen molar-refractivity contribution in [2.75, 3.05) is 19.5 Å². The summed E-state index contributed by atoms with van der Waals surface area (Å²) < 4.78 is 15.8. The van der Waals surface area contributed by atoms with E-state index in [9.17, 15) is 9.90 Å². The first-order chi connectivity index (χ1) is 13.0. The van der Waals surface area contributed by atoms with Gasteiger partial charge in [-0.1, -0.05) is 18.5 Å². The molecule has 1 heterocycles. The van der Waals surface area contributed by atoms with Crippen molar-refractivity contribution in [3.05, 3.63) is 56.9 Å². The Balaban J connectivity index is 2.01. The molecule has 0 atom stereocenters. The molecule has 7 heteroatoms. The van der Waals surface area contributed by atoms with Crippen molar-refractivity contribution in [3.63, 3.8) is 0 Å². The molecule has 0 saturated heterocycles. The van der Waals surface area contributed by atoms with Gasteiger partial charge in [0.05, 0.1) is 24.9 Å². The van der Waals surface area contributed by atoms with Gasteiger partial charge in [0.1, 0.15) is 22.8 Å². The summed E-state index contributed by atoms with van der Waals surface area (Å²) in [6, 6.07) is 8.15. The van der Waals surface area contributed by atoms with Gasteiger partial charge in [0.2, 0.25) is 0 Å². The third kappa shape index (κ3) is 3.80. The quantitative estimate of drug-likeness (QED) is 0.610. The zero-order valence-corrected chi connectivity index (χ0v) is 16.0. The molecule has 3 aromatic rings. The fourth-order valence-corrected chi connectivity index (χ4v) is 3.16. The first kappa shape index (κ1) is 18.9. The molecule has 2 N–H and O–H groups in total. The van der Waals surface area contributed by atoms with E-state index in [4.69, 9.17) is 25.5 Å². The first-order valence-electron chi connectivity index (χ1n) is 8.40. The molecule has 27 heavy (non-hydrogen) atoms. The van der Waals surface area contributed by atoms with Crippen LogP contribution in [0, 0.1) is 0 Å². The van der Waals surface area contributed by atoms with Gasteiger partial charge in [-0.05, 0) is 23.6 Å². The van der Waals surface area contributed by atoms with Gasteiger partial charge in [-0.3, -0.25) is 0 Å². The summed E-state index contributed by atoms with van der Waals surface area (Å²) in [6.07, 6.45) is 0.663. The van der Waals surface area contributed by atoms with E-state index >= 15 is 0 Å². The zero-order chi connectivity index (χ0) is 19.6. The molecule has 0 fully saturated rings. The van der Waals surface area contributed by atoms with Crippen LogP contribution in [-0.2, 0) is 13.0 Å². The largest absolute Gasteiger partial charge is 0.508 e. The van der Waals surface area contributed by atoms with E-state index < -0.39 is 5.63 Å². The smallest absolute Gasteiger partial charge is 0.336 e. The van der Waals surface area contributed by atoms with E-state index in [0.29, 0.717) is 40.8 Å². The van der Waals surface area contributed by atoms with Gasteiger partial charge in [0.15, 0.2) is 0 Å². The SMILES string of the molecule is CCc1cc2c(CNc3cc(OC)c(Cl)cc3OC)cc(=O)oc2cc1O. The lowest BCUT2D eigenvalue weighted by Gasteiger charge is -2.15. The Kier molecular flexibility index (Phi) is 5.46.